The van der Waals surface area contributed by atoms with Gasteiger partial charge in [-0.25, -0.2) is 4.39 Å². The largest absolute Gasteiger partial charge is 0.496 e. The first-order valence-corrected chi connectivity index (χ1v) is 5.09. The summed E-state index contributed by atoms with van der Waals surface area (Å²) in [5, 5.41) is 0. The highest BCUT2D eigenvalue weighted by Crippen LogP contribution is 2.29. The van der Waals surface area contributed by atoms with E-state index in [4.69, 9.17) is 10.5 Å². The second kappa shape index (κ2) is 5.07. The van der Waals surface area contributed by atoms with Gasteiger partial charge < -0.3 is 10.5 Å². The van der Waals surface area contributed by atoms with Gasteiger partial charge in [-0.3, -0.25) is 4.79 Å². The minimum Gasteiger partial charge on any atom is -0.496 e. The van der Waals surface area contributed by atoms with Crippen molar-refractivity contribution in [3.05, 3.63) is 28.6 Å². The van der Waals surface area contributed by atoms with Crippen molar-refractivity contribution >= 4 is 5.78 Å². The number of hydrogen-bond acceptors (Lipinski definition) is 3. The maximum absolute atomic E-state index is 13.5. The molecule has 0 aromatic heterocycles. The molecule has 0 spiro atoms. The molecule has 0 saturated carbocycles. The first-order valence-electron chi connectivity index (χ1n) is 5.09. The average molecular weight is 225 g/mol. The Morgan fingerprint density at radius 3 is 2.62 bits per heavy atom. The van der Waals surface area contributed by atoms with E-state index < -0.39 is 5.82 Å². The lowest BCUT2D eigenvalue weighted by molar-refractivity contribution is 0.0981. The van der Waals surface area contributed by atoms with Crippen LogP contribution in [0.2, 0.25) is 0 Å². The van der Waals surface area contributed by atoms with Crippen molar-refractivity contribution in [2.45, 2.75) is 20.3 Å². The van der Waals surface area contributed by atoms with Crippen molar-refractivity contribution in [2.75, 3.05) is 13.7 Å². The van der Waals surface area contributed by atoms with Crippen LogP contribution in [-0.2, 0) is 0 Å². The van der Waals surface area contributed by atoms with E-state index in [0.717, 1.165) is 0 Å². The number of benzene rings is 1. The monoisotopic (exact) mass is 225 g/mol. The zero-order valence-corrected chi connectivity index (χ0v) is 9.76. The number of methoxy groups -OCH3 is 1. The van der Waals surface area contributed by atoms with E-state index in [1.807, 2.05) is 0 Å². The molecule has 0 aliphatic rings. The Morgan fingerprint density at radius 2 is 2.12 bits per heavy atom. The van der Waals surface area contributed by atoms with Crippen LogP contribution in [0, 0.1) is 19.7 Å². The normalized spacial score (nSPS) is 10.3. The number of Topliss-reactive ketones (excluding diaryl/α,β-unsaturated/α-hetero) is 1. The summed E-state index contributed by atoms with van der Waals surface area (Å²) in [6, 6.07) is 1.37. The van der Waals surface area contributed by atoms with Crippen LogP contribution in [0.15, 0.2) is 6.07 Å². The molecule has 1 rings (SSSR count). The molecule has 0 heterocycles. The maximum Gasteiger partial charge on any atom is 0.168 e. The Hall–Kier alpha value is -1.42. The van der Waals surface area contributed by atoms with Crippen molar-refractivity contribution in [1.82, 2.24) is 0 Å². The smallest absolute Gasteiger partial charge is 0.168 e. The minimum atomic E-state index is -0.390. The third-order valence-corrected chi connectivity index (χ3v) is 2.52. The van der Waals surface area contributed by atoms with Crippen molar-refractivity contribution in [3.8, 4) is 5.75 Å². The molecular formula is C12H16FNO2. The third-order valence-electron chi connectivity index (χ3n) is 2.52. The van der Waals surface area contributed by atoms with Gasteiger partial charge in [-0.05, 0) is 37.6 Å². The number of halogens is 1. The number of carbonyl (C=O) groups is 1. The van der Waals surface area contributed by atoms with Gasteiger partial charge >= 0.3 is 0 Å². The Bertz CT molecular complexity index is 416. The van der Waals surface area contributed by atoms with Crippen LogP contribution in [0.5, 0.6) is 5.75 Å². The number of ether oxygens (including phenoxy) is 1. The first kappa shape index (κ1) is 12.6. The molecule has 1 aromatic rings. The van der Waals surface area contributed by atoms with Crippen LogP contribution in [0.25, 0.3) is 0 Å². The van der Waals surface area contributed by atoms with E-state index in [2.05, 4.69) is 0 Å². The molecular weight excluding hydrogens is 209 g/mol. The van der Waals surface area contributed by atoms with E-state index in [1.54, 1.807) is 13.8 Å². The molecule has 0 bridgehead atoms. The molecule has 0 unspecified atom stereocenters. The van der Waals surface area contributed by atoms with Crippen LogP contribution in [-0.4, -0.2) is 19.4 Å². The number of hydrogen-bond donors (Lipinski definition) is 1. The van der Waals surface area contributed by atoms with Gasteiger partial charge in [0.1, 0.15) is 11.6 Å². The van der Waals surface area contributed by atoms with Crippen LogP contribution in [0.1, 0.15) is 27.9 Å². The Balaban J connectivity index is 3.38. The Morgan fingerprint density at radius 1 is 1.50 bits per heavy atom. The van der Waals surface area contributed by atoms with Crippen LogP contribution in [0.3, 0.4) is 0 Å². The second-order valence-corrected chi connectivity index (χ2v) is 3.67. The summed E-state index contributed by atoms with van der Waals surface area (Å²) in [5.74, 6) is -0.129. The van der Waals surface area contributed by atoms with E-state index in [9.17, 15) is 9.18 Å². The average Bonchev–Trinajstić information content (AvgIpc) is 2.23. The topological polar surface area (TPSA) is 52.3 Å². The Labute approximate surface area is 94.4 Å². The molecule has 0 saturated heterocycles. The molecule has 0 aliphatic carbocycles. The second-order valence-electron chi connectivity index (χ2n) is 3.67. The summed E-state index contributed by atoms with van der Waals surface area (Å²) in [4.78, 5) is 11.8. The van der Waals surface area contributed by atoms with E-state index >= 15 is 0 Å². The number of nitrogens with two attached hydrogens (primary N) is 1. The standard InChI is InChI=1S/C12H16FNO2/c1-7-6-9(13)8(2)11(12(7)16-3)10(15)4-5-14/h6H,4-5,14H2,1-3H3. The summed E-state index contributed by atoms with van der Waals surface area (Å²) in [6.07, 6.45) is 0.195. The minimum absolute atomic E-state index is 0.181. The molecule has 0 atom stereocenters. The third kappa shape index (κ3) is 2.22. The number of aryl methyl sites for hydroxylation is 1. The summed E-state index contributed by atoms with van der Waals surface area (Å²) in [6.45, 7) is 3.53. The quantitative estimate of drug-likeness (QED) is 0.797. The lowest BCUT2D eigenvalue weighted by Crippen LogP contribution is -2.12. The van der Waals surface area contributed by atoms with Crippen molar-refractivity contribution in [1.29, 1.82) is 0 Å². The highest BCUT2D eigenvalue weighted by atomic mass is 19.1. The van der Waals surface area contributed by atoms with Crippen LogP contribution < -0.4 is 10.5 Å². The van der Waals surface area contributed by atoms with Gasteiger partial charge in [0, 0.05) is 6.42 Å². The predicted molar refractivity (Wildman–Crippen MR) is 60.4 cm³/mol. The lowest BCUT2D eigenvalue weighted by Gasteiger charge is -2.13. The number of ketones is 1. The van der Waals surface area contributed by atoms with Gasteiger partial charge in [0.25, 0.3) is 0 Å². The molecule has 0 radical (unpaired) electrons. The molecule has 88 valence electrons. The molecule has 0 amide bonds. The zero-order chi connectivity index (χ0) is 12.3. The predicted octanol–water partition coefficient (Wildman–Crippen LogP) is 1.98. The van der Waals surface area contributed by atoms with Gasteiger partial charge in [-0.1, -0.05) is 0 Å². The molecule has 16 heavy (non-hydrogen) atoms. The molecule has 4 heteroatoms. The summed E-state index contributed by atoms with van der Waals surface area (Å²) in [5.41, 5.74) is 6.58. The van der Waals surface area contributed by atoms with E-state index in [1.165, 1.54) is 13.2 Å². The SMILES string of the molecule is COc1c(C)cc(F)c(C)c1C(=O)CCN. The molecule has 0 aliphatic heterocycles. The molecule has 3 nitrogen and oxygen atoms in total. The van der Waals surface area contributed by atoms with Gasteiger partial charge in [0.15, 0.2) is 5.78 Å². The Kier molecular flexibility index (Phi) is 4.01. The lowest BCUT2D eigenvalue weighted by atomic mass is 9.98. The highest BCUT2D eigenvalue weighted by molar-refractivity contribution is 6.00. The van der Waals surface area contributed by atoms with Gasteiger partial charge in [-0.15, -0.1) is 0 Å². The fourth-order valence-electron chi connectivity index (χ4n) is 1.71. The maximum atomic E-state index is 13.5. The molecule has 1 aromatic carbocycles. The van der Waals surface area contributed by atoms with Crippen LogP contribution in [0.4, 0.5) is 4.39 Å². The zero-order valence-electron chi connectivity index (χ0n) is 9.76. The van der Waals surface area contributed by atoms with Gasteiger partial charge in [0.2, 0.25) is 0 Å². The van der Waals surface area contributed by atoms with E-state index in [-0.39, 0.29) is 18.7 Å². The van der Waals surface area contributed by atoms with Gasteiger partial charge in [-0.2, -0.15) is 0 Å². The van der Waals surface area contributed by atoms with Crippen LogP contribution >= 0.6 is 0 Å². The first-order chi connectivity index (χ1) is 7.52. The van der Waals surface area contributed by atoms with Crippen molar-refractivity contribution < 1.29 is 13.9 Å². The summed E-state index contributed by atoms with van der Waals surface area (Å²) in [7, 11) is 1.47. The fourth-order valence-corrected chi connectivity index (χ4v) is 1.71. The summed E-state index contributed by atoms with van der Waals surface area (Å²) >= 11 is 0. The molecule has 2 N–H and O–H groups in total. The fraction of sp³-hybridized carbons (Fsp3) is 0.417. The summed E-state index contributed by atoms with van der Waals surface area (Å²) < 4.78 is 18.7. The number of carbonyl (C=O) groups excluding carboxylic acids is 1. The van der Waals surface area contributed by atoms with Crippen molar-refractivity contribution in [3.63, 3.8) is 0 Å². The molecule has 0 fully saturated rings. The van der Waals surface area contributed by atoms with Crippen molar-refractivity contribution in [2.24, 2.45) is 5.73 Å². The number of rotatable bonds is 4. The van der Waals surface area contributed by atoms with E-state index in [0.29, 0.717) is 22.4 Å². The highest BCUT2D eigenvalue weighted by Gasteiger charge is 2.19. The van der Waals surface area contributed by atoms with Gasteiger partial charge in [0.05, 0.1) is 12.7 Å².